The molecule has 1 aromatic heterocycles. The maximum absolute atomic E-state index is 14.3. The summed E-state index contributed by atoms with van der Waals surface area (Å²) in [6.07, 6.45) is 8.66. The van der Waals surface area contributed by atoms with Gasteiger partial charge in [0.05, 0.1) is 19.9 Å². The first-order chi connectivity index (χ1) is 25.3. The minimum atomic E-state index is -0.646. The van der Waals surface area contributed by atoms with Gasteiger partial charge in [-0.1, -0.05) is 48.3 Å². The summed E-state index contributed by atoms with van der Waals surface area (Å²) in [4.78, 5) is 31.3. The summed E-state index contributed by atoms with van der Waals surface area (Å²) in [6.45, 7) is 0. The fraction of sp³-hybridized carbons (Fsp3) is 0.364. The summed E-state index contributed by atoms with van der Waals surface area (Å²) in [6, 6.07) is 17.1. The van der Waals surface area contributed by atoms with Crippen LogP contribution in [0.3, 0.4) is 0 Å². The van der Waals surface area contributed by atoms with Gasteiger partial charge in [-0.05, 0) is 114 Å². The van der Waals surface area contributed by atoms with Crippen LogP contribution in [0.4, 0.5) is 0 Å². The molecule has 266 valence electrons. The third-order valence-corrected chi connectivity index (χ3v) is 11.6. The van der Waals surface area contributed by atoms with E-state index in [1.54, 1.807) is 19.2 Å². The van der Waals surface area contributed by atoms with E-state index in [1.165, 1.54) is 12.7 Å². The molecule has 0 spiro atoms. The number of rotatable bonds is 5. The number of aromatic nitrogens is 1. The molecule has 8 rings (SSSR count). The predicted octanol–water partition coefficient (Wildman–Crippen LogP) is 7.94. The number of nitrogens with one attached hydrogen (secondary N) is 1. The van der Waals surface area contributed by atoms with Crippen LogP contribution in [0.1, 0.15) is 78.8 Å². The van der Waals surface area contributed by atoms with Crippen molar-refractivity contribution in [3.05, 3.63) is 100 Å². The van der Waals surface area contributed by atoms with Gasteiger partial charge in [-0.3, -0.25) is 9.59 Å². The molecule has 52 heavy (non-hydrogen) atoms. The molecule has 0 radical (unpaired) electrons. The molecular weight excluding hydrogens is 654 g/mol. The standard InChI is InChI=1S/C44H43NO7/c1-50-40-20-26(14-18-38(40)47)11-15-28-21-27(46)22-34-29-16-12-25-13-17-31(33(29)19-25)43(36-23-39(48)41(51-2)24-35(34)36)44-32(8-4-6-10-42(49)52-28)30-7-3-5-9-37(30)45-44/h3,5,7,9,13-14,17-18,20,23-25,28-29,33-34,45,47-48H,8,10-12,15-16,19,21-22H2,1-2H3/t25-,28-,29-,33+,34-/m1/s1. The van der Waals surface area contributed by atoms with Gasteiger partial charge < -0.3 is 29.4 Å². The van der Waals surface area contributed by atoms with Crippen LogP contribution in [-0.2, 0) is 27.2 Å². The number of aryl methyl sites for hydroxylation is 1. The first-order valence-corrected chi connectivity index (χ1v) is 18.3. The lowest BCUT2D eigenvalue weighted by molar-refractivity contribution is -0.149. The normalized spacial score (nSPS) is 24.0. The average Bonchev–Trinajstić information content (AvgIpc) is 3.45. The van der Waals surface area contributed by atoms with Gasteiger partial charge in [-0.25, -0.2) is 0 Å². The monoisotopic (exact) mass is 697 g/mol. The Hall–Kier alpha value is -5.42. The van der Waals surface area contributed by atoms with E-state index in [0.29, 0.717) is 36.7 Å². The second-order valence-corrected chi connectivity index (χ2v) is 14.6. The van der Waals surface area contributed by atoms with E-state index < -0.39 is 12.1 Å². The van der Waals surface area contributed by atoms with Gasteiger partial charge in [0.25, 0.3) is 0 Å². The van der Waals surface area contributed by atoms with Crippen LogP contribution in [0.25, 0.3) is 16.5 Å². The average molecular weight is 698 g/mol. The number of esters is 1. The Morgan fingerprint density at radius 3 is 2.56 bits per heavy atom. The number of allylic oxidation sites excluding steroid dienone is 3. The molecule has 3 N–H and O–H groups in total. The molecule has 4 bridgehead atoms. The van der Waals surface area contributed by atoms with E-state index in [-0.39, 0.29) is 54.3 Å². The van der Waals surface area contributed by atoms with Crippen LogP contribution in [0.2, 0.25) is 0 Å². The summed E-state index contributed by atoms with van der Waals surface area (Å²) < 4.78 is 17.0. The molecule has 0 unspecified atom stereocenters. The zero-order valence-corrected chi connectivity index (χ0v) is 29.5. The number of fused-ring (bicyclic) bond motifs is 6. The lowest BCUT2D eigenvalue weighted by Gasteiger charge is -2.42. The van der Waals surface area contributed by atoms with Gasteiger partial charge in [0, 0.05) is 35.7 Å². The molecule has 3 aliphatic carbocycles. The number of Topliss-reactive ketones (excluding diaryl/α,β-unsaturated/α-hetero) is 1. The van der Waals surface area contributed by atoms with E-state index in [4.69, 9.17) is 14.2 Å². The van der Waals surface area contributed by atoms with Crippen LogP contribution >= 0.6 is 0 Å². The number of phenolic OH excluding ortho intramolecular Hbond substituents is 2. The summed E-state index contributed by atoms with van der Waals surface area (Å²) in [5, 5.41) is 22.5. The van der Waals surface area contributed by atoms with Crippen molar-refractivity contribution in [3.8, 4) is 34.8 Å². The van der Waals surface area contributed by atoms with Gasteiger partial charge in [0.2, 0.25) is 0 Å². The Morgan fingerprint density at radius 1 is 0.904 bits per heavy atom. The highest BCUT2D eigenvalue weighted by molar-refractivity contribution is 5.96. The Labute approximate surface area is 303 Å². The third kappa shape index (κ3) is 6.23. The van der Waals surface area contributed by atoms with Crippen LogP contribution in [0, 0.1) is 29.6 Å². The van der Waals surface area contributed by atoms with Gasteiger partial charge >= 0.3 is 5.97 Å². The van der Waals surface area contributed by atoms with E-state index in [1.807, 2.05) is 30.3 Å². The highest BCUT2D eigenvalue weighted by atomic mass is 16.5. The second kappa shape index (κ2) is 14.0. The highest BCUT2D eigenvalue weighted by Crippen LogP contribution is 2.57. The number of carbonyl (C=O) groups excluding carboxylic acids is 2. The summed E-state index contributed by atoms with van der Waals surface area (Å²) in [5.41, 5.74) is 8.04. The number of carbonyl (C=O) groups is 2. The molecule has 8 heteroatoms. The lowest BCUT2D eigenvalue weighted by Crippen LogP contribution is -2.33. The molecule has 1 saturated carbocycles. The summed E-state index contributed by atoms with van der Waals surface area (Å²) in [7, 11) is 3.06. The molecular formula is C44H43NO7. The number of aromatic hydroxyl groups is 2. The van der Waals surface area contributed by atoms with Gasteiger partial charge in [0.15, 0.2) is 23.0 Å². The van der Waals surface area contributed by atoms with E-state index >= 15 is 0 Å². The first-order valence-electron chi connectivity index (χ1n) is 18.3. The molecule has 4 aromatic rings. The maximum atomic E-state index is 14.3. The fourth-order valence-electron chi connectivity index (χ4n) is 9.17. The van der Waals surface area contributed by atoms with E-state index in [2.05, 4.69) is 41.1 Å². The number of phenols is 2. The van der Waals surface area contributed by atoms with Crippen molar-refractivity contribution in [3.63, 3.8) is 0 Å². The quantitative estimate of drug-likeness (QED) is 0.143. The van der Waals surface area contributed by atoms with Crippen molar-refractivity contribution in [2.45, 2.75) is 69.8 Å². The molecule has 0 amide bonds. The molecule has 2 heterocycles. The van der Waals surface area contributed by atoms with E-state index in [0.717, 1.165) is 63.7 Å². The van der Waals surface area contributed by atoms with E-state index in [9.17, 15) is 19.8 Å². The van der Waals surface area contributed by atoms with Crippen molar-refractivity contribution in [1.82, 2.24) is 4.98 Å². The van der Waals surface area contributed by atoms with Gasteiger partial charge in [0.1, 0.15) is 18.3 Å². The Bertz CT molecular complexity index is 2200. The zero-order chi connectivity index (χ0) is 35.9. The predicted molar refractivity (Wildman–Crippen MR) is 198 cm³/mol. The number of methoxy groups -OCH3 is 2. The van der Waals surface area contributed by atoms with Crippen LogP contribution in [0.15, 0.2) is 72.3 Å². The zero-order valence-electron chi connectivity index (χ0n) is 29.5. The number of hydrogen-bond acceptors (Lipinski definition) is 7. The Balaban J connectivity index is 1.27. The van der Waals surface area contributed by atoms with Crippen molar-refractivity contribution >= 4 is 28.2 Å². The van der Waals surface area contributed by atoms with Crippen molar-refractivity contribution in [2.75, 3.05) is 14.2 Å². The molecule has 8 nitrogen and oxygen atoms in total. The molecule has 1 aliphatic heterocycles. The number of H-pyrrole nitrogens is 1. The number of aromatic amines is 1. The number of ether oxygens (including phenoxy) is 3. The smallest absolute Gasteiger partial charge is 0.318 e. The number of hydrogen-bond donors (Lipinski definition) is 3. The number of ketones is 1. The largest absolute Gasteiger partial charge is 0.504 e. The molecule has 3 aromatic carbocycles. The fourth-order valence-corrected chi connectivity index (χ4v) is 9.17. The van der Waals surface area contributed by atoms with Crippen molar-refractivity contribution < 1.29 is 34.0 Å². The van der Waals surface area contributed by atoms with Gasteiger partial charge in [-0.2, -0.15) is 0 Å². The minimum absolute atomic E-state index is 0.0204. The minimum Gasteiger partial charge on any atom is -0.504 e. The van der Waals surface area contributed by atoms with Crippen molar-refractivity contribution in [1.29, 1.82) is 0 Å². The third-order valence-electron chi connectivity index (χ3n) is 11.6. The van der Waals surface area contributed by atoms with Crippen LogP contribution < -0.4 is 9.47 Å². The molecule has 4 aliphatic rings. The lowest BCUT2D eigenvalue weighted by atomic mass is 9.62. The summed E-state index contributed by atoms with van der Waals surface area (Å²) >= 11 is 0. The number of para-hydroxylation sites is 1. The van der Waals surface area contributed by atoms with Crippen LogP contribution in [0.5, 0.6) is 23.0 Å². The maximum Gasteiger partial charge on any atom is 0.318 e. The van der Waals surface area contributed by atoms with Gasteiger partial charge in [-0.15, -0.1) is 0 Å². The molecule has 5 atom stereocenters. The Kier molecular flexibility index (Phi) is 9.04. The first kappa shape index (κ1) is 33.7. The van der Waals surface area contributed by atoms with Crippen LogP contribution in [-0.4, -0.2) is 47.3 Å². The topological polar surface area (TPSA) is 118 Å². The SMILES string of the molecule is COc1cc(CC[C@@H]2CC(=O)C[C@H]3c4cc(OC)c(O)cc4C(=C4C=C[C@H]5CC[C@@H]3[C@@H]4C5)c3[nH]c4ccccc4c3CC#CCC(=O)O2)ccc1O. The number of benzene rings is 3. The number of cyclic esters (lactones) is 1. The molecule has 1 fully saturated rings. The summed E-state index contributed by atoms with van der Waals surface area (Å²) in [5.74, 6) is 7.50. The Morgan fingerprint density at radius 2 is 1.71 bits per heavy atom. The van der Waals surface area contributed by atoms with Crippen molar-refractivity contribution in [2.24, 2.45) is 17.8 Å². The molecule has 0 saturated heterocycles. The highest BCUT2D eigenvalue weighted by Gasteiger charge is 2.44. The second-order valence-electron chi connectivity index (χ2n) is 14.6.